The molecular weight excluding hydrogens is 459 g/mol. The number of rotatable bonds is 6. The Morgan fingerprint density at radius 3 is 2.62 bits per heavy atom. The van der Waals surface area contributed by atoms with E-state index in [-0.39, 0.29) is 5.97 Å². The Balaban J connectivity index is 2.12. The van der Waals surface area contributed by atoms with Crippen LogP contribution in [0.25, 0.3) is 6.08 Å². The molecule has 6 heteroatoms. The highest BCUT2D eigenvalue weighted by molar-refractivity contribution is 9.10. The fraction of sp³-hybridized carbons (Fsp3) is 0.167. The third-order valence-electron chi connectivity index (χ3n) is 3.05. The van der Waals surface area contributed by atoms with Crippen LogP contribution in [0.2, 0.25) is 5.02 Å². The van der Waals surface area contributed by atoms with Gasteiger partial charge in [0.25, 0.3) is 0 Å². The molecule has 0 radical (unpaired) electrons. The molecule has 0 heterocycles. The van der Waals surface area contributed by atoms with E-state index in [0.717, 1.165) is 15.6 Å². The number of carbonyl (C=O) groups is 1. The monoisotopic (exact) mass is 472 g/mol. The molecule has 0 bridgehead atoms. The Hall–Kier alpha value is -1.30. The van der Waals surface area contributed by atoms with Crippen molar-refractivity contribution in [2.24, 2.45) is 0 Å². The van der Waals surface area contributed by atoms with Gasteiger partial charge in [-0.05, 0) is 52.7 Å². The molecule has 2 rings (SSSR count). The van der Waals surface area contributed by atoms with Crippen molar-refractivity contribution >= 4 is 55.5 Å². The maximum Gasteiger partial charge on any atom is 0.330 e. The van der Waals surface area contributed by atoms with Gasteiger partial charge in [0, 0.05) is 16.1 Å². The summed E-state index contributed by atoms with van der Waals surface area (Å²) in [6.45, 7) is 2.49. The van der Waals surface area contributed by atoms with Gasteiger partial charge in [0.05, 0.1) is 16.1 Å². The molecule has 24 heavy (non-hydrogen) atoms. The van der Waals surface area contributed by atoms with Crippen LogP contribution in [0.1, 0.15) is 18.1 Å². The zero-order valence-electron chi connectivity index (χ0n) is 12.9. The lowest BCUT2D eigenvalue weighted by atomic mass is 10.2. The van der Waals surface area contributed by atoms with E-state index in [1.54, 1.807) is 19.1 Å². The lowest BCUT2D eigenvalue weighted by Gasteiger charge is -2.12. The van der Waals surface area contributed by atoms with Gasteiger partial charge in [0.15, 0.2) is 5.75 Å². The molecule has 0 N–H and O–H groups in total. The van der Waals surface area contributed by atoms with Crippen LogP contribution in [0.5, 0.6) is 5.75 Å². The van der Waals surface area contributed by atoms with Crippen molar-refractivity contribution in [3.8, 4) is 5.75 Å². The first-order valence-electron chi connectivity index (χ1n) is 7.21. The summed E-state index contributed by atoms with van der Waals surface area (Å²) in [6.07, 6.45) is 3.01. The van der Waals surface area contributed by atoms with Crippen molar-refractivity contribution in [1.82, 2.24) is 0 Å². The van der Waals surface area contributed by atoms with Gasteiger partial charge in [-0.25, -0.2) is 4.79 Å². The van der Waals surface area contributed by atoms with E-state index in [0.29, 0.717) is 28.5 Å². The number of halogens is 3. The first kappa shape index (κ1) is 19.0. The van der Waals surface area contributed by atoms with Crippen molar-refractivity contribution in [2.45, 2.75) is 13.5 Å². The van der Waals surface area contributed by atoms with E-state index in [1.807, 2.05) is 30.3 Å². The quantitative estimate of drug-likeness (QED) is 0.379. The SMILES string of the molecule is CCOC(=O)/C=C/c1cc(Cl)c(OCc2ccccc2Br)c(Br)c1. The third kappa shape index (κ3) is 5.36. The van der Waals surface area contributed by atoms with Crippen LogP contribution >= 0.6 is 43.5 Å². The highest BCUT2D eigenvalue weighted by atomic mass is 79.9. The van der Waals surface area contributed by atoms with Crippen molar-refractivity contribution in [3.63, 3.8) is 0 Å². The highest BCUT2D eigenvalue weighted by Crippen LogP contribution is 2.35. The Labute approximate surface area is 162 Å². The molecule has 0 atom stereocenters. The van der Waals surface area contributed by atoms with Crippen LogP contribution in [0.3, 0.4) is 0 Å². The Morgan fingerprint density at radius 1 is 1.21 bits per heavy atom. The topological polar surface area (TPSA) is 35.5 Å². The van der Waals surface area contributed by atoms with Gasteiger partial charge in [0.2, 0.25) is 0 Å². The molecule has 0 aliphatic carbocycles. The van der Waals surface area contributed by atoms with E-state index < -0.39 is 0 Å². The summed E-state index contributed by atoms with van der Waals surface area (Å²) in [4.78, 5) is 11.4. The predicted octanol–water partition coefficient (Wildman–Crippen LogP) is 6.02. The second kappa shape index (κ2) is 9.25. The second-order valence-corrected chi connectivity index (χ2v) is 6.90. The number of carbonyl (C=O) groups excluding carboxylic acids is 1. The number of esters is 1. The van der Waals surface area contributed by atoms with Crippen LogP contribution in [-0.4, -0.2) is 12.6 Å². The molecule has 2 aromatic rings. The fourth-order valence-electron chi connectivity index (χ4n) is 1.93. The minimum atomic E-state index is -0.390. The van der Waals surface area contributed by atoms with Gasteiger partial charge in [-0.3, -0.25) is 0 Å². The molecular formula is C18H15Br2ClO3. The molecule has 0 saturated carbocycles. The van der Waals surface area contributed by atoms with Gasteiger partial charge in [0.1, 0.15) is 6.61 Å². The summed E-state index contributed by atoms with van der Waals surface area (Å²) < 4.78 is 12.4. The van der Waals surface area contributed by atoms with Gasteiger partial charge >= 0.3 is 5.97 Å². The normalized spacial score (nSPS) is 10.8. The molecule has 2 aromatic carbocycles. The summed E-state index contributed by atoms with van der Waals surface area (Å²) >= 11 is 13.2. The molecule has 0 amide bonds. The van der Waals surface area contributed by atoms with Crippen molar-refractivity contribution in [1.29, 1.82) is 0 Å². The smallest absolute Gasteiger partial charge is 0.330 e. The van der Waals surface area contributed by atoms with Gasteiger partial charge in [-0.15, -0.1) is 0 Å². The van der Waals surface area contributed by atoms with Gasteiger partial charge in [-0.2, -0.15) is 0 Å². The fourth-order valence-corrected chi connectivity index (χ4v) is 3.32. The molecule has 0 unspecified atom stereocenters. The van der Waals surface area contributed by atoms with Crippen LogP contribution in [0.4, 0.5) is 0 Å². The molecule has 0 aliphatic rings. The molecule has 0 aromatic heterocycles. The average molecular weight is 475 g/mol. The van der Waals surface area contributed by atoms with E-state index >= 15 is 0 Å². The number of benzene rings is 2. The van der Waals surface area contributed by atoms with Crippen LogP contribution in [0.15, 0.2) is 51.4 Å². The third-order valence-corrected chi connectivity index (χ3v) is 4.69. The van der Waals surface area contributed by atoms with Crippen LogP contribution < -0.4 is 4.74 Å². The van der Waals surface area contributed by atoms with E-state index in [2.05, 4.69) is 31.9 Å². The molecule has 0 spiro atoms. The summed E-state index contributed by atoms with van der Waals surface area (Å²) in [6, 6.07) is 11.4. The average Bonchev–Trinajstić information content (AvgIpc) is 2.54. The molecule has 0 aliphatic heterocycles. The van der Waals surface area contributed by atoms with Crippen LogP contribution in [-0.2, 0) is 16.1 Å². The predicted molar refractivity (Wildman–Crippen MR) is 103 cm³/mol. The second-order valence-electron chi connectivity index (χ2n) is 4.78. The van der Waals surface area contributed by atoms with Gasteiger partial charge in [-0.1, -0.05) is 45.7 Å². The number of hydrogen-bond acceptors (Lipinski definition) is 3. The first-order valence-corrected chi connectivity index (χ1v) is 9.17. The van der Waals surface area contributed by atoms with E-state index in [9.17, 15) is 4.79 Å². The van der Waals surface area contributed by atoms with Crippen molar-refractivity contribution < 1.29 is 14.3 Å². The highest BCUT2D eigenvalue weighted by Gasteiger charge is 2.10. The zero-order chi connectivity index (χ0) is 17.5. The Kier molecular flexibility index (Phi) is 7.34. The minimum Gasteiger partial charge on any atom is -0.486 e. The van der Waals surface area contributed by atoms with E-state index in [1.165, 1.54) is 6.08 Å². The summed E-state index contributed by atoms with van der Waals surface area (Å²) in [5.41, 5.74) is 1.79. The first-order chi connectivity index (χ1) is 11.5. The standard InChI is InChI=1S/C18H15Br2ClO3/c1-2-23-17(22)8-7-12-9-15(20)18(16(21)10-12)24-11-13-5-3-4-6-14(13)19/h3-10H,2,11H2,1H3/b8-7+. The summed E-state index contributed by atoms with van der Waals surface area (Å²) in [7, 11) is 0. The molecule has 0 fully saturated rings. The summed E-state index contributed by atoms with van der Waals surface area (Å²) in [5.74, 6) is 0.166. The van der Waals surface area contributed by atoms with Crippen molar-refractivity contribution in [2.75, 3.05) is 6.61 Å². The lowest BCUT2D eigenvalue weighted by Crippen LogP contribution is -1.99. The largest absolute Gasteiger partial charge is 0.486 e. The Morgan fingerprint density at radius 2 is 1.96 bits per heavy atom. The minimum absolute atomic E-state index is 0.343. The number of hydrogen-bond donors (Lipinski definition) is 0. The number of ether oxygens (including phenoxy) is 2. The van der Waals surface area contributed by atoms with Crippen LogP contribution in [0, 0.1) is 0 Å². The van der Waals surface area contributed by atoms with Gasteiger partial charge < -0.3 is 9.47 Å². The lowest BCUT2D eigenvalue weighted by molar-refractivity contribution is -0.137. The van der Waals surface area contributed by atoms with Crippen molar-refractivity contribution in [3.05, 3.63) is 67.6 Å². The maximum absolute atomic E-state index is 11.4. The van der Waals surface area contributed by atoms with E-state index in [4.69, 9.17) is 21.1 Å². The zero-order valence-corrected chi connectivity index (χ0v) is 16.8. The molecule has 3 nitrogen and oxygen atoms in total. The molecule has 126 valence electrons. The molecule has 0 saturated heterocycles. The Bertz CT molecular complexity index is 737. The summed E-state index contributed by atoms with van der Waals surface area (Å²) in [5, 5.41) is 0.458. The maximum atomic E-state index is 11.4.